The van der Waals surface area contributed by atoms with E-state index in [9.17, 15) is 4.79 Å². The Hall–Kier alpha value is -2.16. The molecule has 0 saturated carbocycles. The fraction of sp³-hybridized carbons (Fsp3) is 0.261. The van der Waals surface area contributed by atoms with Gasteiger partial charge >= 0.3 is 0 Å². The second kappa shape index (κ2) is 8.03. The first-order valence-corrected chi connectivity index (χ1v) is 8.99. The Bertz CT molecular complexity index is 906. The van der Waals surface area contributed by atoms with Crippen molar-refractivity contribution in [3.63, 3.8) is 0 Å². The van der Waals surface area contributed by atoms with Crippen LogP contribution >= 0.6 is 12.4 Å². The summed E-state index contributed by atoms with van der Waals surface area (Å²) in [5, 5.41) is 2.47. The van der Waals surface area contributed by atoms with E-state index < -0.39 is 0 Å². The number of nitrogens with zero attached hydrogens (tertiary/aromatic N) is 1. The summed E-state index contributed by atoms with van der Waals surface area (Å²) in [4.78, 5) is 15.3. The van der Waals surface area contributed by atoms with Gasteiger partial charge in [-0.15, -0.1) is 12.4 Å². The van der Waals surface area contributed by atoms with Gasteiger partial charge in [-0.25, -0.2) is 0 Å². The van der Waals surface area contributed by atoms with Crippen LogP contribution in [0.2, 0.25) is 0 Å². The van der Waals surface area contributed by atoms with Crippen LogP contribution in [0.1, 0.15) is 27.9 Å². The summed E-state index contributed by atoms with van der Waals surface area (Å²) in [5.74, 6) is 0.411. The Morgan fingerprint density at radius 1 is 0.962 bits per heavy atom. The van der Waals surface area contributed by atoms with E-state index in [-0.39, 0.29) is 18.3 Å². The van der Waals surface area contributed by atoms with Gasteiger partial charge in [0.2, 0.25) is 0 Å². The maximum atomic E-state index is 13.0. The van der Waals surface area contributed by atoms with Crippen LogP contribution in [0.15, 0.2) is 66.7 Å². The Morgan fingerprint density at radius 2 is 1.69 bits per heavy atom. The number of fused-ring (bicyclic) bond motifs is 3. The number of rotatable bonds is 4. The minimum Gasteiger partial charge on any atom is -0.301 e. The second-order valence-corrected chi connectivity index (χ2v) is 7.10. The second-order valence-electron chi connectivity index (χ2n) is 7.10. The predicted octanol–water partition coefficient (Wildman–Crippen LogP) is 5.14. The minimum atomic E-state index is 0. The molecule has 0 saturated heterocycles. The minimum absolute atomic E-state index is 0. The molecule has 1 aliphatic carbocycles. The molecule has 2 nitrogen and oxygen atoms in total. The molecule has 0 bridgehead atoms. The highest BCUT2D eigenvalue weighted by Gasteiger charge is 2.29. The molecule has 134 valence electrons. The van der Waals surface area contributed by atoms with E-state index in [2.05, 4.69) is 66.5 Å². The largest absolute Gasteiger partial charge is 0.301 e. The van der Waals surface area contributed by atoms with E-state index in [4.69, 9.17) is 0 Å². The molecule has 3 heteroatoms. The highest BCUT2D eigenvalue weighted by Crippen LogP contribution is 2.32. The van der Waals surface area contributed by atoms with Crippen LogP contribution in [-0.4, -0.2) is 24.3 Å². The van der Waals surface area contributed by atoms with Crippen molar-refractivity contribution in [2.24, 2.45) is 5.92 Å². The summed E-state index contributed by atoms with van der Waals surface area (Å²) in [5.41, 5.74) is 3.47. The Kier molecular flexibility index (Phi) is 5.75. The average molecular weight is 366 g/mol. The van der Waals surface area contributed by atoms with Crippen molar-refractivity contribution in [2.75, 3.05) is 13.6 Å². The Labute approximate surface area is 161 Å². The number of carbonyl (C=O) groups excluding carboxylic acids is 1. The smallest absolute Gasteiger partial charge is 0.167 e. The van der Waals surface area contributed by atoms with Crippen molar-refractivity contribution in [3.05, 3.63) is 83.4 Å². The van der Waals surface area contributed by atoms with E-state index in [0.717, 1.165) is 31.5 Å². The maximum absolute atomic E-state index is 13.0. The number of hydrogen-bond donors (Lipinski definition) is 0. The van der Waals surface area contributed by atoms with E-state index in [0.29, 0.717) is 5.78 Å². The molecule has 3 aromatic carbocycles. The van der Waals surface area contributed by atoms with Gasteiger partial charge in [-0.3, -0.25) is 4.79 Å². The van der Waals surface area contributed by atoms with Crippen LogP contribution in [0.3, 0.4) is 0 Å². The van der Waals surface area contributed by atoms with Crippen LogP contribution in [0.4, 0.5) is 0 Å². The summed E-state index contributed by atoms with van der Waals surface area (Å²) in [7, 11) is 2.11. The molecular formula is C23H24ClNO. The van der Waals surface area contributed by atoms with Gasteiger partial charge in [-0.05, 0) is 41.8 Å². The van der Waals surface area contributed by atoms with Crippen molar-refractivity contribution < 1.29 is 4.79 Å². The Morgan fingerprint density at radius 3 is 2.50 bits per heavy atom. The zero-order valence-corrected chi connectivity index (χ0v) is 15.8. The number of aryl methyl sites for hydroxylation is 1. The lowest BCUT2D eigenvalue weighted by atomic mass is 9.80. The van der Waals surface area contributed by atoms with E-state index >= 15 is 0 Å². The van der Waals surface area contributed by atoms with Gasteiger partial charge in [0.1, 0.15) is 0 Å². The average Bonchev–Trinajstić information content (AvgIpc) is 2.64. The van der Waals surface area contributed by atoms with Crippen molar-refractivity contribution in [3.8, 4) is 0 Å². The third kappa shape index (κ3) is 3.67. The Balaban J connectivity index is 0.00000196. The lowest BCUT2D eigenvalue weighted by Crippen LogP contribution is -2.33. The van der Waals surface area contributed by atoms with Crippen LogP contribution in [0.5, 0.6) is 0 Å². The van der Waals surface area contributed by atoms with E-state index in [1.165, 1.54) is 21.9 Å². The molecule has 0 spiro atoms. The van der Waals surface area contributed by atoms with Gasteiger partial charge in [0.05, 0.1) is 0 Å². The van der Waals surface area contributed by atoms with Crippen molar-refractivity contribution in [1.29, 1.82) is 0 Å². The normalized spacial score (nSPS) is 16.4. The zero-order valence-electron chi connectivity index (χ0n) is 15.0. The molecule has 0 aliphatic heterocycles. The van der Waals surface area contributed by atoms with E-state index in [1.54, 1.807) is 0 Å². The highest BCUT2D eigenvalue weighted by molar-refractivity contribution is 6.05. The number of carbonyl (C=O) groups is 1. The third-order valence-electron chi connectivity index (χ3n) is 5.25. The summed E-state index contributed by atoms with van der Waals surface area (Å²) in [6.07, 6.45) is 1.94. The molecule has 1 unspecified atom stereocenters. The SMILES string of the molecule is CN(Cc1ccccc1)CC1CCc2c(ccc3ccccc23)C1=O.Cl. The molecule has 3 aromatic rings. The van der Waals surface area contributed by atoms with Gasteiger partial charge in [0.25, 0.3) is 0 Å². The number of halogens is 1. The summed E-state index contributed by atoms with van der Waals surface area (Å²) in [6, 6.07) is 22.9. The lowest BCUT2D eigenvalue weighted by Gasteiger charge is -2.28. The van der Waals surface area contributed by atoms with Crippen LogP contribution < -0.4 is 0 Å². The van der Waals surface area contributed by atoms with Gasteiger partial charge in [0.15, 0.2) is 5.78 Å². The van der Waals surface area contributed by atoms with Crippen LogP contribution in [0, 0.1) is 5.92 Å². The van der Waals surface area contributed by atoms with Crippen molar-refractivity contribution in [1.82, 2.24) is 4.90 Å². The fourth-order valence-electron chi connectivity index (χ4n) is 4.02. The van der Waals surface area contributed by atoms with Gasteiger partial charge in [0, 0.05) is 24.6 Å². The third-order valence-corrected chi connectivity index (χ3v) is 5.25. The molecule has 0 amide bonds. The monoisotopic (exact) mass is 365 g/mol. The highest BCUT2D eigenvalue weighted by atomic mass is 35.5. The van der Waals surface area contributed by atoms with Gasteiger partial charge in [-0.2, -0.15) is 0 Å². The number of Topliss-reactive ketones (excluding diaryl/α,β-unsaturated/α-hetero) is 1. The number of benzene rings is 3. The molecule has 1 aliphatic rings. The van der Waals surface area contributed by atoms with Gasteiger partial charge < -0.3 is 4.90 Å². The molecule has 26 heavy (non-hydrogen) atoms. The first-order chi connectivity index (χ1) is 12.2. The zero-order chi connectivity index (χ0) is 17.2. The molecule has 0 radical (unpaired) electrons. The first-order valence-electron chi connectivity index (χ1n) is 8.99. The number of hydrogen-bond acceptors (Lipinski definition) is 2. The predicted molar refractivity (Wildman–Crippen MR) is 110 cm³/mol. The molecule has 0 heterocycles. The summed E-state index contributed by atoms with van der Waals surface area (Å²) < 4.78 is 0. The quantitative estimate of drug-likeness (QED) is 0.638. The van der Waals surface area contributed by atoms with Crippen LogP contribution in [0.25, 0.3) is 10.8 Å². The lowest BCUT2D eigenvalue weighted by molar-refractivity contribution is 0.0867. The summed E-state index contributed by atoms with van der Waals surface area (Å²) in [6.45, 7) is 1.70. The first kappa shape index (κ1) is 18.6. The van der Waals surface area contributed by atoms with Crippen molar-refractivity contribution >= 4 is 29.0 Å². The molecule has 4 rings (SSSR count). The standard InChI is InChI=1S/C23H23NO.ClH/c1-24(15-17-7-3-2-4-8-17)16-19-12-13-21-20-10-6-5-9-18(20)11-14-22(21)23(19)25;/h2-11,14,19H,12-13,15-16H2,1H3;1H. The molecule has 0 fully saturated rings. The molecule has 0 aromatic heterocycles. The molecule has 0 N–H and O–H groups in total. The van der Waals surface area contributed by atoms with Gasteiger partial charge in [-0.1, -0.05) is 66.7 Å². The molecular weight excluding hydrogens is 342 g/mol. The van der Waals surface area contributed by atoms with Crippen molar-refractivity contribution in [2.45, 2.75) is 19.4 Å². The fourth-order valence-corrected chi connectivity index (χ4v) is 4.02. The number of ketones is 1. The van der Waals surface area contributed by atoms with Crippen LogP contribution in [-0.2, 0) is 13.0 Å². The maximum Gasteiger partial charge on any atom is 0.167 e. The summed E-state index contributed by atoms with van der Waals surface area (Å²) >= 11 is 0. The van der Waals surface area contributed by atoms with E-state index in [1.807, 2.05) is 12.1 Å². The molecule has 1 atom stereocenters. The topological polar surface area (TPSA) is 20.3 Å².